The molecule has 0 saturated carbocycles. The number of hydrogen-bond acceptors (Lipinski definition) is 5. The quantitative estimate of drug-likeness (QED) is 0.693. The monoisotopic (exact) mass is 384 g/mol. The highest BCUT2D eigenvalue weighted by molar-refractivity contribution is 9.10. The van der Waals surface area contributed by atoms with Crippen molar-refractivity contribution in [3.05, 3.63) is 64.6 Å². The minimum Gasteiger partial charge on any atom is -0.338 e. The molecule has 24 heavy (non-hydrogen) atoms. The number of halogens is 1. The van der Waals surface area contributed by atoms with Crippen LogP contribution in [0, 0.1) is 0 Å². The molecule has 0 aliphatic carbocycles. The minimum absolute atomic E-state index is 0.0169. The van der Waals surface area contributed by atoms with Gasteiger partial charge in [0.2, 0.25) is 11.7 Å². The van der Waals surface area contributed by atoms with Gasteiger partial charge in [-0.1, -0.05) is 27.2 Å². The lowest BCUT2D eigenvalue weighted by molar-refractivity contribution is 0.0569. The maximum Gasteiger partial charge on any atom is 0.253 e. The molecule has 0 radical (unpaired) electrons. The van der Waals surface area contributed by atoms with E-state index in [-0.39, 0.29) is 11.8 Å². The number of rotatable bonds is 3. The molecule has 1 aromatic carbocycles. The van der Waals surface area contributed by atoms with Crippen molar-refractivity contribution in [3.63, 3.8) is 0 Å². The first-order valence-electron chi connectivity index (χ1n) is 7.50. The molecule has 0 bridgehead atoms. The fraction of sp³-hybridized carbons (Fsp3) is 0.176. The number of pyridine rings is 1. The largest absolute Gasteiger partial charge is 0.338 e. The SMILES string of the molecule is O=C(c1ccc(Br)cc1)N1CC(c2nc(-c3ccccn3)no2)C1. The lowest BCUT2D eigenvalue weighted by Crippen LogP contribution is -2.48. The van der Waals surface area contributed by atoms with E-state index in [4.69, 9.17) is 4.52 Å². The van der Waals surface area contributed by atoms with Gasteiger partial charge in [0, 0.05) is 29.3 Å². The summed E-state index contributed by atoms with van der Waals surface area (Å²) in [6.07, 6.45) is 1.69. The van der Waals surface area contributed by atoms with Gasteiger partial charge < -0.3 is 9.42 Å². The Morgan fingerprint density at radius 1 is 1.17 bits per heavy atom. The maximum atomic E-state index is 12.4. The molecule has 3 aromatic rings. The predicted octanol–water partition coefficient (Wildman–Crippen LogP) is 3.13. The molecule has 1 aliphatic heterocycles. The Bertz CT molecular complexity index is 858. The standard InChI is InChI=1S/C17H13BrN4O2/c18-13-6-4-11(5-7-13)17(23)22-9-12(10-22)16-20-15(21-24-16)14-3-1-2-8-19-14/h1-8,12H,9-10H2. The summed E-state index contributed by atoms with van der Waals surface area (Å²) in [7, 11) is 0. The summed E-state index contributed by atoms with van der Waals surface area (Å²) in [6.45, 7) is 1.16. The van der Waals surface area contributed by atoms with E-state index in [1.54, 1.807) is 11.1 Å². The van der Waals surface area contributed by atoms with E-state index in [0.717, 1.165) is 4.47 Å². The number of aromatic nitrogens is 3. The minimum atomic E-state index is 0.0169. The van der Waals surface area contributed by atoms with E-state index in [1.165, 1.54) is 0 Å². The predicted molar refractivity (Wildman–Crippen MR) is 90.3 cm³/mol. The van der Waals surface area contributed by atoms with Crippen LogP contribution < -0.4 is 0 Å². The van der Waals surface area contributed by atoms with Crippen LogP contribution in [0.3, 0.4) is 0 Å². The zero-order valence-electron chi connectivity index (χ0n) is 12.6. The average molecular weight is 385 g/mol. The molecule has 2 aromatic heterocycles. The number of hydrogen-bond donors (Lipinski definition) is 0. The van der Waals surface area contributed by atoms with E-state index in [1.807, 2.05) is 42.5 Å². The number of amides is 1. The van der Waals surface area contributed by atoms with Crippen molar-refractivity contribution in [2.45, 2.75) is 5.92 Å². The second-order valence-corrected chi connectivity index (χ2v) is 6.50. The molecule has 4 rings (SSSR count). The van der Waals surface area contributed by atoms with Crippen molar-refractivity contribution in [2.24, 2.45) is 0 Å². The van der Waals surface area contributed by atoms with Gasteiger partial charge in [-0.2, -0.15) is 4.98 Å². The van der Waals surface area contributed by atoms with E-state index in [0.29, 0.717) is 36.1 Å². The second kappa shape index (κ2) is 6.16. The zero-order chi connectivity index (χ0) is 16.5. The molecular formula is C17H13BrN4O2. The highest BCUT2D eigenvalue weighted by Gasteiger charge is 2.36. The van der Waals surface area contributed by atoms with Crippen LogP contribution in [0.5, 0.6) is 0 Å². The Morgan fingerprint density at radius 2 is 1.96 bits per heavy atom. The average Bonchev–Trinajstić information content (AvgIpc) is 3.04. The fourth-order valence-electron chi connectivity index (χ4n) is 2.58. The molecule has 0 N–H and O–H groups in total. The van der Waals surface area contributed by atoms with Gasteiger partial charge >= 0.3 is 0 Å². The first kappa shape index (κ1) is 15.0. The van der Waals surface area contributed by atoms with Crippen LogP contribution in [0.1, 0.15) is 22.2 Å². The summed E-state index contributed by atoms with van der Waals surface area (Å²) in [5, 5.41) is 3.97. The lowest BCUT2D eigenvalue weighted by atomic mass is 9.99. The van der Waals surface area contributed by atoms with Gasteiger partial charge in [-0.25, -0.2) is 0 Å². The van der Waals surface area contributed by atoms with Gasteiger partial charge in [0.1, 0.15) is 5.69 Å². The van der Waals surface area contributed by atoms with Crippen LogP contribution in [-0.4, -0.2) is 39.0 Å². The maximum absolute atomic E-state index is 12.4. The summed E-state index contributed by atoms with van der Waals surface area (Å²) in [6, 6.07) is 12.9. The summed E-state index contributed by atoms with van der Waals surface area (Å²) in [5.41, 5.74) is 1.35. The molecule has 7 heteroatoms. The Hall–Kier alpha value is -2.54. The van der Waals surface area contributed by atoms with Crippen LogP contribution in [0.25, 0.3) is 11.5 Å². The van der Waals surface area contributed by atoms with Crippen molar-refractivity contribution in [1.29, 1.82) is 0 Å². The normalized spacial score (nSPS) is 14.5. The van der Waals surface area contributed by atoms with E-state index in [9.17, 15) is 4.79 Å². The number of carbonyl (C=O) groups is 1. The van der Waals surface area contributed by atoms with Crippen LogP contribution in [0.2, 0.25) is 0 Å². The summed E-state index contributed by atoms with van der Waals surface area (Å²) in [5.74, 6) is 1.12. The van der Waals surface area contributed by atoms with E-state index < -0.39 is 0 Å². The summed E-state index contributed by atoms with van der Waals surface area (Å²) in [4.78, 5) is 22.8. The smallest absolute Gasteiger partial charge is 0.253 e. The van der Waals surface area contributed by atoms with Gasteiger partial charge in [-0.05, 0) is 36.4 Å². The Morgan fingerprint density at radius 3 is 2.67 bits per heavy atom. The van der Waals surface area contributed by atoms with Gasteiger partial charge in [0.15, 0.2) is 0 Å². The third-order valence-corrected chi connectivity index (χ3v) is 4.47. The Kier molecular flexibility index (Phi) is 3.86. The third-order valence-electron chi connectivity index (χ3n) is 3.94. The van der Waals surface area contributed by atoms with Crippen molar-refractivity contribution in [1.82, 2.24) is 20.0 Å². The van der Waals surface area contributed by atoms with Crippen LogP contribution >= 0.6 is 15.9 Å². The number of carbonyl (C=O) groups excluding carboxylic acids is 1. The topological polar surface area (TPSA) is 72.1 Å². The number of likely N-dealkylation sites (tertiary alicyclic amines) is 1. The second-order valence-electron chi connectivity index (χ2n) is 5.59. The van der Waals surface area contributed by atoms with Crippen molar-refractivity contribution in [3.8, 4) is 11.5 Å². The van der Waals surface area contributed by atoms with Crippen molar-refractivity contribution < 1.29 is 9.32 Å². The first-order valence-corrected chi connectivity index (χ1v) is 8.30. The molecule has 1 fully saturated rings. The molecule has 120 valence electrons. The van der Waals surface area contributed by atoms with Gasteiger partial charge in [0.25, 0.3) is 5.91 Å². The van der Waals surface area contributed by atoms with Gasteiger partial charge in [-0.15, -0.1) is 0 Å². The Balaban J connectivity index is 1.42. The first-order chi connectivity index (χ1) is 11.7. The van der Waals surface area contributed by atoms with Crippen molar-refractivity contribution >= 4 is 21.8 Å². The lowest BCUT2D eigenvalue weighted by Gasteiger charge is -2.37. The highest BCUT2D eigenvalue weighted by Crippen LogP contribution is 2.28. The molecule has 1 saturated heterocycles. The fourth-order valence-corrected chi connectivity index (χ4v) is 2.84. The molecular weight excluding hydrogens is 372 g/mol. The van der Waals surface area contributed by atoms with E-state index in [2.05, 4.69) is 31.1 Å². The van der Waals surface area contributed by atoms with Crippen LogP contribution in [0.4, 0.5) is 0 Å². The van der Waals surface area contributed by atoms with Crippen LogP contribution in [-0.2, 0) is 0 Å². The molecule has 1 aliphatic rings. The van der Waals surface area contributed by atoms with Gasteiger partial charge in [0.05, 0.1) is 5.92 Å². The van der Waals surface area contributed by atoms with Crippen LogP contribution in [0.15, 0.2) is 57.7 Å². The number of nitrogens with zero attached hydrogens (tertiary/aromatic N) is 4. The molecule has 0 unspecified atom stereocenters. The molecule has 3 heterocycles. The number of benzene rings is 1. The molecule has 0 spiro atoms. The summed E-state index contributed by atoms with van der Waals surface area (Å²) >= 11 is 3.37. The molecule has 1 amide bonds. The zero-order valence-corrected chi connectivity index (χ0v) is 14.2. The molecule has 0 atom stereocenters. The third kappa shape index (κ3) is 2.82. The Labute approximate surface area is 146 Å². The highest BCUT2D eigenvalue weighted by atomic mass is 79.9. The van der Waals surface area contributed by atoms with E-state index >= 15 is 0 Å². The molecule has 6 nitrogen and oxygen atoms in total. The van der Waals surface area contributed by atoms with Gasteiger partial charge in [-0.3, -0.25) is 9.78 Å². The van der Waals surface area contributed by atoms with Crippen molar-refractivity contribution in [2.75, 3.05) is 13.1 Å². The summed E-state index contributed by atoms with van der Waals surface area (Å²) < 4.78 is 6.28.